The minimum absolute atomic E-state index is 0.124. The molecule has 3 rings (SSSR count). The lowest BCUT2D eigenvalue weighted by Gasteiger charge is -2.08. The molecule has 0 saturated heterocycles. The summed E-state index contributed by atoms with van der Waals surface area (Å²) in [5.41, 5.74) is 7.52. The van der Waals surface area contributed by atoms with E-state index in [1.165, 1.54) is 19.2 Å². The summed E-state index contributed by atoms with van der Waals surface area (Å²) < 4.78 is 18.7. The van der Waals surface area contributed by atoms with Crippen LogP contribution in [0.2, 0.25) is 5.02 Å². The van der Waals surface area contributed by atoms with Crippen molar-refractivity contribution in [3.8, 4) is 17.0 Å². The van der Waals surface area contributed by atoms with Gasteiger partial charge in [0, 0.05) is 23.2 Å². The van der Waals surface area contributed by atoms with Crippen molar-refractivity contribution in [3.05, 3.63) is 47.4 Å². The molecule has 0 unspecified atom stereocenters. The number of aromatic nitrogens is 2. The zero-order valence-electron chi connectivity index (χ0n) is 11.1. The molecular formula is C15H11ClFN3O. The Bertz CT molecular complexity index is 821. The Labute approximate surface area is 125 Å². The molecule has 1 aromatic carbocycles. The molecule has 6 heteroatoms. The van der Waals surface area contributed by atoms with Gasteiger partial charge in [-0.3, -0.25) is 0 Å². The molecule has 0 aliphatic rings. The molecule has 0 amide bonds. The third-order valence-electron chi connectivity index (χ3n) is 3.11. The number of methoxy groups -OCH3 is 1. The van der Waals surface area contributed by atoms with Gasteiger partial charge in [0.15, 0.2) is 11.6 Å². The molecular weight excluding hydrogens is 293 g/mol. The van der Waals surface area contributed by atoms with Crippen LogP contribution in [0.5, 0.6) is 5.75 Å². The number of pyridine rings is 2. The number of nitrogen functional groups attached to an aromatic ring is 1. The van der Waals surface area contributed by atoms with Gasteiger partial charge in [-0.25, -0.2) is 14.4 Å². The second-order valence-electron chi connectivity index (χ2n) is 4.46. The van der Waals surface area contributed by atoms with E-state index in [0.29, 0.717) is 27.4 Å². The number of hydrogen-bond donors (Lipinski definition) is 1. The number of nitrogens with two attached hydrogens (primary N) is 1. The van der Waals surface area contributed by atoms with Gasteiger partial charge < -0.3 is 10.5 Å². The van der Waals surface area contributed by atoms with Crippen LogP contribution in [-0.2, 0) is 0 Å². The quantitative estimate of drug-likeness (QED) is 0.784. The molecule has 4 nitrogen and oxygen atoms in total. The highest BCUT2D eigenvalue weighted by atomic mass is 35.5. The van der Waals surface area contributed by atoms with Crippen LogP contribution in [0.15, 0.2) is 36.5 Å². The van der Waals surface area contributed by atoms with E-state index in [-0.39, 0.29) is 5.75 Å². The van der Waals surface area contributed by atoms with Crippen molar-refractivity contribution in [2.24, 2.45) is 0 Å². The lowest BCUT2D eigenvalue weighted by molar-refractivity contribution is 0.387. The van der Waals surface area contributed by atoms with E-state index in [0.717, 1.165) is 5.56 Å². The number of rotatable bonds is 2. The van der Waals surface area contributed by atoms with E-state index in [1.807, 2.05) is 0 Å². The van der Waals surface area contributed by atoms with E-state index in [4.69, 9.17) is 22.1 Å². The van der Waals surface area contributed by atoms with Gasteiger partial charge in [0.2, 0.25) is 0 Å². The number of hydrogen-bond acceptors (Lipinski definition) is 4. The molecule has 0 spiro atoms. The van der Waals surface area contributed by atoms with Crippen LogP contribution in [0.3, 0.4) is 0 Å². The number of ether oxygens (including phenoxy) is 1. The molecule has 2 aromatic heterocycles. The summed E-state index contributed by atoms with van der Waals surface area (Å²) >= 11 is 6.22. The van der Waals surface area contributed by atoms with Crippen LogP contribution in [-0.4, -0.2) is 17.1 Å². The zero-order chi connectivity index (χ0) is 15.0. The van der Waals surface area contributed by atoms with Crippen LogP contribution in [0, 0.1) is 5.82 Å². The maximum Gasteiger partial charge on any atom is 0.165 e. The maximum atomic E-state index is 13.7. The molecule has 21 heavy (non-hydrogen) atoms. The van der Waals surface area contributed by atoms with E-state index in [2.05, 4.69) is 9.97 Å². The van der Waals surface area contributed by atoms with E-state index in [1.54, 1.807) is 24.4 Å². The van der Waals surface area contributed by atoms with Gasteiger partial charge in [-0.15, -0.1) is 0 Å². The van der Waals surface area contributed by atoms with Gasteiger partial charge >= 0.3 is 0 Å². The van der Waals surface area contributed by atoms with Gasteiger partial charge in [0.05, 0.1) is 23.3 Å². The van der Waals surface area contributed by atoms with Crippen LogP contribution >= 0.6 is 11.6 Å². The average molecular weight is 304 g/mol. The minimum Gasteiger partial charge on any atom is -0.494 e. The molecule has 0 saturated carbocycles. The van der Waals surface area contributed by atoms with E-state index >= 15 is 0 Å². The van der Waals surface area contributed by atoms with Gasteiger partial charge in [0.1, 0.15) is 5.82 Å². The van der Waals surface area contributed by atoms with Crippen molar-refractivity contribution in [1.29, 1.82) is 0 Å². The summed E-state index contributed by atoms with van der Waals surface area (Å²) in [6.07, 6.45) is 1.61. The number of fused-ring (bicyclic) bond motifs is 1. The highest BCUT2D eigenvalue weighted by Crippen LogP contribution is 2.31. The van der Waals surface area contributed by atoms with Crippen LogP contribution in [0.25, 0.3) is 22.2 Å². The first-order chi connectivity index (χ1) is 10.1. The molecule has 106 valence electrons. The van der Waals surface area contributed by atoms with Crippen molar-refractivity contribution >= 4 is 28.3 Å². The second kappa shape index (κ2) is 5.18. The Kier molecular flexibility index (Phi) is 3.35. The van der Waals surface area contributed by atoms with Crippen molar-refractivity contribution in [1.82, 2.24) is 9.97 Å². The summed E-state index contributed by atoms with van der Waals surface area (Å²) in [5, 5.41) is 0.940. The first-order valence-electron chi connectivity index (χ1n) is 6.14. The first kappa shape index (κ1) is 13.6. The van der Waals surface area contributed by atoms with E-state index < -0.39 is 5.82 Å². The molecule has 0 aliphatic carbocycles. The smallest absolute Gasteiger partial charge is 0.165 e. The Hall–Kier alpha value is -2.40. The monoisotopic (exact) mass is 303 g/mol. The van der Waals surface area contributed by atoms with Gasteiger partial charge in [-0.2, -0.15) is 0 Å². The Balaban J connectivity index is 2.22. The lowest BCUT2D eigenvalue weighted by atomic mass is 10.1. The fourth-order valence-electron chi connectivity index (χ4n) is 2.05. The van der Waals surface area contributed by atoms with Crippen molar-refractivity contribution in [3.63, 3.8) is 0 Å². The standard InChI is InChI=1S/C15H11ClFN3O/c1-21-14-6-13-9(4-11(14)17)10(16)5-12(20-13)8-2-3-15(18)19-7-8/h2-7H,1H3,(H2,18,19). The summed E-state index contributed by atoms with van der Waals surface area (Å²) in [4.78, 5) is 8.50. The summed E-state index contributed by atoms with van der Waals surface area (Å²) in [7, 11) is 1.40. The summed E-state index contributed by atoms with van der Waals surface area (Å²) in [5.74, 6) is 0.0728. The highest BCUT2D eigenvalue weighted by molar-refractivity contribution is 6.35. The topological polar surface area (TPSA) is 61.0 Å². The predicted octanol–water partition coefficient (Wildman–Crippen LogP) is 3.68. The van der Waals surface area contributed by atoms with Crippen LogP contribution in [0.4, 0.5) is 10.2 Å². The highest BCUT2D eigenvalue weighted by Gasteiger charge is 2.11. The van der Waals surface area contributed by atoms with Gasteiger partial charge in [-0.1, -0.05) is 11.6 Å². The molecule has 0 aliphatic heterocycles. The number of benzene rings is 1. The van der Waals surface area contributed by atoms with Gasteiger partial charge in [0.25, 0.3) is 0 Å². The van der Waals surface area contributed by atoms with Crippen molar-refractivity contribution < 1.29 is 9.13 Å². The maximum absolute atomic E-state index is 13.7. The zero-order valence-corrected chi connectivity index (χ0v) is 11.9. The molecule has 0 radical (unpaired) electrons. The van der Waals surface area contributed by atoms with Crippen LogP contribution < -0.4 is 10.5 Å². The van der Waals surface area contributed by atoms with Crippen molar-refractivity contribution in [2.45, 2.75) is 0 Å². The second-order valence-corrected chi connectivity index (χ2v) is 4.87. The average Bonchev–Trinajstić information content (AvgIpc) is 2.48. The number of anilines is 1. The van der Waals surface area contributed by atoms with E-state index in [9.17, 15) is 4.39 Å². The third kappa shape index (κ3) is 2.48. The molecule has 2 heterocycles. The molecule has 0 bridgehead atoms. The van der Waals surface area contributed by atoms with Crippen molar-refractivity contribution in [2.75, 3.05) is 12.8 Å². The largest absolute Gasteiger partial charge is 0.494 e. The Morgan fingerprint density at radius 2 is 2.05 bits per heavy atom. The summed E-state index contributed by atoms with van der Waals surface area (Å²) in [6.45, 7) is 0. The normalized spacial score (nSPS) is 10.8. The summed E-state index contributed by atoms with van der Waals surface area (Å²) in [6, 6.07) is 7.98. The molecule has 3 aromatic rings. The third-order valence-corrected chi connectivity index (χ3v) is 3.43. The Morgan fingerprint density at radius 3 is 2.71 bits per heavy atom. The predicted molar refractivity (Wildman–Crippen MR) is 80.9 cm³/mol. The molecule has 0 fully saturated rings. The minimum atomic E-state index is -0.476. The lowest BCUT2D eigenvalue weighted by Crippen LogP contribution is -1.93. The van der Waals surface area contributed by atoms with Crippen LogP contribution in [0.1, 0.15) is 0 Å². The number of nitrogens with zero attached hydrogens (tertiary/aromatic N) is 2. The fraction of sp³-hybridized carbons (Fsp3) is 0.0667. The van der Waals surface area contributed by atoms with Gasteiger partial charge in [-0.05, 0) is 24.3 Å². The molecule has 0 atom stereocenters. The number of halogens is 2. The fourth-order valence-corrected chi connectivity index (χ4v) is 2.30. The SMILES string of the molecule is COc1cc2nc(-c3ccc(N)nc3)cc(Cl)c2cc1F. The first-order valence-corrected chi connectivity index (χ1v) is 6.52. The molecule has 2 N–H and O–H groups in total. The Morgan fingerprint density at radius 1 is 1.24 bits per heavy atom.